The third-order valence-corrected chi connectivity index (χ3v) is 4.04. The third kappa shape index (κ3) is 4.16. The maximum Gasteiger partial charge on any atom is 0.334 e. The number of carbonyl (C=O) groups excluding carboxylic acids is 1. The van der Waals surface area contributed by atoms with Crippen molar-refractivity contribution in [3.05, 3.63) is 59.7 Å². The lowest BCUT2D eigenvalue weighted by Gasteiger charge is -2.33. The number of carboxylic acid groups (broad SMARTS) is 1. The van der Waals surface area contributed by atoms with Crippen LogP contribution in [0.25, 0.3) is 0 Å². The topological polar surface area (TPSA) is 76.1 Å². The van der Waals surface area contributed by atoms with E-state index in [1.165, 1.54) is 0 Å². The number of anilines is 1. The van der Waals surface area contributed by atoms with Gasteiger partial charge in [-0.15, -0.1) is 0 Å². The van der Waals surface area contributed by atoms with Crippen molar-refractivity contribution in [3.63, 3.8) is 0 Å². The summed E-state index contributed by atoms with van der Waals surface area (Å²) in [4.78, 5) is 24.2. The van der Waals surface area contributed by atoms with Crippen LogP contribution in [0.4, 0.5) is 5.69 Å². The van der Waals surface area contributed by atoms with Gasteiger partial charge in [0.15, 0.2) is 6.10 Å². The van der Waals surface area contributed by atoms with Crippen LogP contribution >= 0.6 is 0 Å². The summed E-state index contributed by atoms with van der Waals surface area (Å²) in [7, 11) is 0. The summed E-state index contributed by atoms with van der Waals surface area (Å²) in [6.45, 7) is 1.44. The van der Waals surface area contributed by atoms with Crippen molar-refractivity contribution in [2.24, 2.45) is 0 Å². The van der Waals surface area contributed by atoms with E-state index in [-0.39, 0.29) is 6.54 Å². The van der Waals surface area contributed by atoms with Crippen LogP contribution in [0.3, 0.4) is 0 Å². The van der Waals surface area contributed by atoms with E-state index in [0.29, 0.717) is 36.8 Å². The highest BCUT2D eigenvalue weighted by Crippen LogP contribution is 2.31. The van der Waals surface area contributed by atoms with Gasteiger partial charge in [0.25, 0.3) is 0 Å². The van der Waals surface area contributed by atoms with E-state index >= 15 is 0 Å². The van der Waals surface area contributed by atoms with E-state index < -0.39 is 12.1 Å². The van der Waals surface area contributed by atoms with Gasteiger partial charge < -0.3 is 19.5 Å². The third-order valence-electron chi connectivity index (χ3n) is 4.04. The van der Waals surface area contributed by atoms with Crippen molar-refractivity contribution >= 4 is 17.9 Å². The molecular formula is C19H19NO5. The molecule has 0 amide bonds. The molecule has 0 aromatic heterocycles. The van der Waals surface area contributed by atoms with E-state index in [0.717, 1.165) is 11.8 Å². The molecule has 1 fully saturated rings. The van der Waals surface area contributed by atoms with Crippen LogP contribution in [-0.2, 0) is 16.1 Å². The Morgan fingerprint density at radius 2 is 2.08 bits per heavy atom. The van der Waals surface area contributed by atoms with Gasteiger partial charge in [0.05, 0.1) is 18.8 Å². The Morgan fingerprint density at radius 3 is 2.80 bits per heavy atom. The summed E-state index contributed by atoms with van der Waals surface area (Å²) >= 11 is 0. The smallest absolute Gasteiger partial charge is 0.334 e. The van der Waals surface area contributed by atoms with Gasteiger partial charge in [0.2, 0.25) is 0 Å². The largest absolute Gasteiger partial charge is 0.487 e. The molecule has 0 saturated carbocycles. The Labute approximate surface area is 145 Å². The van der Waals surface area contributed by atoms with Crippen LogP contribution < -0.4 is 9.64 Å². The average Bonchev–Trinajstić information content (AvgIpc) is 2.67. The summed E-state index contributed by atoms with van der Waals surface area (Å²) in [6, 6.07) is 14.9. The number of ether oxygens (including phenoxy) is 2. The van der Waals surface area contributed by atoms with E-state index in [1.54, 1.807) is 18.2 Å². The molecule has 2 aromatic carbocycles. The number of nitrogens with zero attached hydrogens (tertiary/aromatic N) is 1. The number of morpholine rings is 1. The molecule has 1 N–H and O–H groups in total. The zero-order valence-corrected chi connectivity index (χ0v) is 13.6. The lowest BCUT2D eigenvalue weighted by atomic mass is 10.1. The molecule has 0 radical (unpaired) electrons. The number of hydrogen-bond donors (Lipinski definition) is 1. The maximum atomic E-state index is 11.2. The zero-order chi connectivity index (χ0) is 17.6. The molecule has 25 heavy (non-hydrogen) atoms. The summed E-state index contributed by atoms with van der Waals surface area (Å²) < 4.78 is 11.2. The number of aldehydes is 1. The van der Waals surface area contributed by atoms with Crippen molar-refractivity contribution in [2.75, 3.05) is 24.6 Å². The quantitative estimate of drug-likeness (QED) is 0.813. The summed E-state index contributed by atoms with van der Waals surface area (Å²) in [5.41, 5.74) is 2.24. The summed E-state index contributed by atoms with van der Waals surface area (Å²) in [5, 5.41) is 9.19. The number of benzene rings is 2. The number of aliphatic carboxylic acids is 1. The van der Waals surface area contributed by atoms with Crippen molar-refractivity contribution in [1.82, 2.24) is 0 Å². The van der Waals surface area contributed by atoms with Gasteiger partial charge in [-0.3, -0.25) is 4.79 Å². The second-order valence-corrected chi connectivity index (χ2v) is 5.76. The lowest BCUT2D eigenvalue weighted by molar-refractivity contribution is -0.150. The van der Waals surface area contributed by atoms with Gasteiger partial charge >= 0.3 is 5.97 Å². The first-order valence-corrected chi connectivity index (χ1v) is 8.02. The summed E-state index contributed by atoms with van der Waals surface area (Å²) in [6.07, 6.45) is -0.129. The normalized spacial score (nSPS) is 17.1. The molecule has 0 bridgehead atoms. The van der Waals surface area contributed by atoms with Gasteiger partial charge in [-0.25, -0.2) is 4.79 Å². The van der Waals surface area contributed by atoms with Gasteiger partial charge in [0.1, 0.15) is 18.6 Å². The van der Waals surface area contributed by atoms with Gasteiger partial charge in [-0.1, -0.05) is 30.3 Å². The molecule has 130 valence electrons. The minimum Gasteiger partial charge on any atom is -0.487 e. The van der Waals surface area contributed by atoms with Crippen molar-refractivity contribution < 1.29 is 24.2 Å². The van der Waals surface area contributed by atoms with Gasteiger partial charge in [0, 0.05) is 12.1 Å². The number of carboxylic acids is 1. The predicted octanol–water partition coefficient (Wildman–Crippen LogP) is 2.37. The molecule has 6 heteroatoms. The Kier molecular flexibility index (Phi) is 5.30. The van der Waals surface area contributed by atoms with E-state index in [2.05, 4.69) is 0 Å². The fourth-order valence-corrected chi connectivity index (χ4v) is 2.73. The first-order chi connectivity index (χ1) is 12.2. The monoisotopic (exact) mass is 341 g/mol. The molecule has 1 unspecified atom stereocenters. The standard InChI is InChI=1S/C19H19NO5/c21-12-15-6-7-17(25-13-14-4-2-1-3-5-14)16(10-15)20-8-9-24-18(11-20)19(22)23/h1-7,10,12,18H,8-9,11,13H2,(H,22,23). The lowest BCUT2D eigenvalue weighted by Crippen LogP contribution is -2.46. The van der Waals surface area contributed by atoms with Crippen LogP contribution in [0.2, 0.25) is 0 Å². The SMILES string of the molecule is O=Cc1ccc(OCc2ccccc2)c(N2CCOC(C(=O)O)C2)c1. The zero-order valence-electron chi connectivity index (χ0n) is 13.6. The second-order valence-electron chi connectivity index (χ2n) is 5.76. The molecule has 0 aliphatic carbocycles. The van der Waals surface area contributed by atoms with Crippen LogP contribution in [0.5, 0.6) is 5.75 Å². The van der Waals surface area contributed by atoms with Crippen LogP contribution in [-0.4, -0.2) is 43.2 Å². The van der Waals surface area contributed by atoms with Crippen LogP contribution in [0.1, 0.15) is 15.9 Å². The van der Waals surface area contributed by atoms with E-state index in [9.17, 15) is 14.7 Å². The molecular weight excluding hydrogens is 322 g/mol. The number of rotatable bonds is 6. The Balaban J connectivity index is 1.83. The highest BCUT2D eigenvalue weighted by atomic mass is 16.5. The molecule has 1 aliphatic rings. The minimum atomic E-state index is -0.997. The first-order valence-electron chi connectivity index (χ1n) is 8.02. The minimum absolute atomic E-state index is 0.208. The molecule has 1 aliphatic heterocycles. The molecule has 1 heterocycles. The van der Waals surface area contributed by atoms with E-state index in [4.69, 9.17) is 9.47 Å². The predicted molar refractivity (Wildman–Crippen MR) is 92.2 cm³/mol. The highest BCUT2D eigenvalue weighted by molar-refractivity contribution is 5.80. The molecule has 3 rings (SSSR count). The molecule has 0 spiro atoms. The molecule has 2 aromatic rings. The second kappa shape index (κ2) is 7.81. The molecule has 6 nitrogen and oxygen atoms in total. The summed E-state index contributed by atoms with van der Waals surface area (Å²) in [5.74, 6) is -0.386. The fourth-order valence-electron chi connectivity index (χ4n) is 2.73. The average molecular weight is 341 g/mol. The first kappa shape index (κ1) is 17.0. The number of carbonyl (C=O) groups is 2. The van der Waals surface area contributed by atoms with Gasteiger partial charge in [-0.05, 0) is 23.8 Å². The Hall–Kier alpha value is -2.86. The molecule has 1 saturated heterocycles. The van der Waals surface area contributed by atoms with Crippen LogP contribution in [0, 0.1) is 0 Å². The van der Waals surface area contributed by atoms with Crippen molar-refractivity contribution in [2.45, 2.75) is 12.7 Å². The van der Waals surface area contributed by atoms with Crippen molar-refractivity contribution in [3.8, 4) is 5.75 Å². The Bertz CT molecular complexity index is 747. The Morgan fingerprint density at radius 1 is 1.28 bits per heavy atom. The highest BCUT2D eigenvalue weighted by Gasteiger charge is 2.28. The van der Waals surface area contributed by atoms with Crippen molar-refractivity contribution in [1.29, 1.82) is 0 Å². The molecule has 1 atom stereocenters. The van der Waals surface area contributed by atoms with E-state index in [1.807, 2.05) is 35.2 Å². The maximum absolute atomic E-state index is 11.2. The fraction of sp³-hybridized carbons (Fsp3) is 0.263. The number of hydrogen-bond acceptors (Lipinski definition) is 5. The van der Waals surface area contributed by atoms with Gasteiger partial charge in [-0.2, -0.15) is 0 Å². The van der Waals surface area contributed by atoms with Crippen LogP contribution in [0.15, 0.2) is 48.5 Å².